The van der Waals surface area contributed by atoms with Crippen LogP contribution in [0, 0.1) is 22.5 Å². The second-order valence-corrected chi connectivity index (χ2v) is 35.0. The fourth-order valence-corrected chi connectivity index (χ4v) is 14.7. The van der Waals surface area contributed by atoms with E-state index < -0.39 is 23.8 Å². The summed E-state index contributed by atoms with van der Waals surface area (Å²) in [4.78, 5) is 0. The molecule has 0 aliphatic rings. The largest absolute Gasteiger partial charge is 0.505 e. The molecule has 6 nitrogen and oxygen atoms in total. The number of halogens is 2. The van der Waals surface area contributed by atoms with E-state index >= 15 is 8.78 Å². The summed E-state index contributed by atoms with van der Waals surface area (Å²) in [5, 5.41) is 30.6. The summed E-state index contributed by atoms with van der Waals surface area (Å²) in [5.74, 6) is -0.115. The van der Waals surface area contributed by atoms with Gasteiger partial charge in [0, 0.05) is 50.2 Å². The second kappa shape index (κ2) is 23.7. The van der Waals surface area contributed by atoms with Crippen molar-refractivity contribution in [2.24, 2.45) is 10.8 Å². The third-order valence-electron chi connectivity index (χ3n) is 18.9. The van der Waals surface area contributed by atoms with Crippen LogP contribution in [0.3, 0.4) is 0 Å². The fraction of sp³-hybridized carbons (Fsp3) is 0.435. The van der Waals surface area contributed by atoms with E-state index in [1.54, 1.807) is 12.1 Å². The predicted octanol–water partition coefficient (Wildman–Crippen LogP) is 24.1. The Kier molecular flexibility index (Phi) is 17.4. The topological polar surface area (TPSA) is 68.8 Å². The first-order chi connectivity index (χ1) is 42.8. The van der Waals surface area contributed by atoms with Gasteiger partial charge in [0.15, 0.2) is 0 Å². The van der Waals surface area contributed by atoms with E-state index in [0.29, 0.717) is 51.5 Å². The normalized spacial score (nSPS) is 14.0. The molecule has 0 aliphatic heterocycles. The number of phenols is 2. The van der Waals surface area contributed by atoms with Crippen molar-refractivity contribution in [3.05, 3.63) is 178 Å². The van der Waals surface area contributed by atoms with E-state index in [-0.39, 0.29) is 54.8 Å². The molecule has 10 rings (SSSR count). The van der Waals surface area contributed by atoms with Crippen molar-refractivity contribution in [3.8, 4) is 56.6 Å². The first kappa shape index (κ1) is 68.3. The van der Waals surface area contributed by atoms with Crippen molar-refractivity contribution in [1.29, 1.82) is 0 Å². The molecule has 0 amide bonds. The molecule has 8 aromatic carbocycles. The zero-order valence-electron chi connectivity index (χ0n) is 60.3. The van der Waals surface area contributed by atoms with E-state index in [2.05, 4.69) is 246 Å². The van der Waals surface area contributed by atoms with Crippen LogP contribution in [0.4, 0.5) is 8.78 Å². The Bertz CT molecular complexity index is 4080. The molecule has 10 aromatic rings. The number of ether oxygens (including phenoxy) is 2. The average Bonchev–Trinajstić information content (AvgIpc) is 1.62. The number of nitrogens with zero attached hydrogens (tertiary/aromatic N) is 2. The van der Waals surface area contributed by atoms with Crippen LogP contribution in [0.15, 0.2) is 133 Å². The Morgan fingerprint density at radius 1 is 0.344 bits per heavy atom. The van der Waals surface area contributed by atoms with Gasteiger partial charge in [0.05, 0.1) is 45.6 Å². The van der Waals surface area contributed by atoms with Gasteiger partial charge in [0.2, 0.25) is 0 Å². The van der Waals surface area contributed by atoms with Gasteiger partial charge >= 0.3 is 0 Å². The van der Waals surface area contributed by atoms with Gasteiger partial charge < -0.3 is 28.8 Å². The monoisotopic (exact) mass is 1250 g/mol. The van der Waals surface area contributed by atoms with E-state index in [4.69, 9.17) is 9.47 Å². The number of hydrogen-bond donors (Lipinski definition) is 2. The average molecular weight is 1260 g/mol. The Morgan fingerprint density at radius 3 is 0.882 bits per heavy atom. The van der Waals surface area contributed by atoms with Gasteiger partial charge in [0.1, 0.15) is 34.6 Å². The number of hydrogen-bond acceptors (Lipinski definition) is 4. The standard InChI is InChI=1S/C85H104F2N2O4/c1-50(92-74-35-29-58(86)46-64(74)66-42-56(84(21,22)48-78(3,4)5)44-72(76(66)90)88-68-31-25-52(80(9,10)11)38-60(68)61-39-53(81(12,13)14)26-32-69(61)88)37-51(2)93-75-36-30-59(87)47-65(75)67-43-57(85(23,24)49-79(6,7)8)45-73(77(67)91)89-70-33-27-54(82(15,16)17)40-62(70)63-41-55(83(18,19)20)28-34-71(63)89/h25-36,38-47,50-51,90-91H,37,48-49H2,1-24H3. The van der Waals surface area contributed by atoms with Gasteiger partial charge in [-0.2, -0.15) is 0 Å². The molecule has 0 bridgehead atoms. The Labute approximate surface area is 554 Å². The maximum Gasteiger partial charge on any atom is 0.147 e. The molecule has 492 valence electrons. The lowest BCUT2D eigenvalue weighted by atomic mass is 9.71. The quantitative estimate of drug-likeness (QED) is 0.114. The van der Waals surface area contributed by atoms with Gasteiger partial charge in [-0.1, -0.05) is 177 Å². The second-order valence-electron chi connectivity index (χ2n) is 35.0. The molecule has 2 unspecified atom stereocenters. The Balaban J connectivity index is 1.06. The van der Waals surface area contributed by atoms with Crippen LogP contribution in [0.1, 0.15) is 219 Å². The van der Waals surface area contributed by atoms with Crippen LogP contribution in [0.2, 0.25) is 0 Å². The predicted molar refractivity (Wildman–Crippen MR) is 389 cm³/mol. The molecule has 8 heteroatoms. The molecule has 0 saturated heterocycles. The highest BCUT2D eigenvalue weighted by atomic mass is 19.1. The van der Waals surface area contributed by atoms with Crippen LogP contribution in [0.5, 0.6) is 23.0 Å². The first-order valence-electron chi connectivity index (χ1n) is 33.7. The lowest BCUT2D eigenvalue weighted by Crippen LogP contribution is -2.25. The molecular formula is C85H104F2N2O4. The van der Waals surface area contributed by atoms with Crippen LogP contribution >= 0.6 is 0 Å². The third-order valence-corrected chi connectivity index (χ3v) is 18.9. The molecule has 0 aliphatic carbocycles. The summed E-state index contributed by atoms with van der Waals surface area (Å²) in [6.07, 6.45) is 1.02. The lowest BCUT2D eigenvalue weighted by Gasteiger charge is -2.34. The number of aromatic hydroxyl groups is 2. The highest BCUT2D eigenvalue weighted by molar-refractivity contribution is 6.11. The summed E-state index contributed by atoms with van der Waals surface area (Å²) in [7, 11) is 0. The minimum absolute atomic E-state index is 0.00677. The number of aromatic nitrogens is 2. The van der Waals surface area contributed by atoms with Crippen molar-refractivity contribution in [1.82, 2.24) is 9.13 Å². The minimum atomic E-state index is -0.504. The maximum atomic E-state index is 16.1. The van der Waals surface area contributed by atoms with Crippen LogP contribution in [0.25, 0.3) is 77.2 Å². The zero-order valence-corrected chi connectivity index (χ0v) is 60.3. The summed E-state index contributed by atoms with van der Waals surface area (Å²) in [6, 6.07) is 44.0. The molecule has 0 saturated carbocycles. The van der Waals surface area contributed by atoms with Gasteiger partial charge in [-0.05, 0) is 213 Å². The number of phenolic OH excluding ortho intramolecular Hbond substituents is 2. The molecule has 2 aromatic heterocycles. The fourth-order valence-electron chi connectivity index (χ4n) is 14.7. The van der Waals surface area contributed by atoms with Crippen molar-refractivity contribution in [2.45, 2.75) is 230 Å². The van der Waals surface area contributed by atoms with Gasteiger partial charge in [-0.25, -0.2) is 8.78 Å². The summed E-state index contributed by atoms with van der Waals surface area (Å²) in [6.45, 7) is 53.2. The molecular weight excluding hydrogens is 1150 g/mol. The number of rotatable bonds is 14. The molecule has 2 atom stereocenters. The van der Waals surface area contributed by atoms with Crippen LogP contribution in [-0.4, -0.2) is 31.6 Å². The van der Waals surface area contributed by atoms with Crippen molar-refractivity contribution in [2.75, 3.05) is 0 Å². The first-order valence-corrected chi connectivity index (χ1v) is 33.7. The molecule has 0 spiro atoms. The molecule has 2 heterocycles. The van der Waals surface area contributed by atoms with Crippen LogP contribution in [-0.2, 0) is 32.5 Å². The van der Waals surface area contributed by atoms with E-state index in [1.165, 1.54) is 46.5 Å². The van der Waals surface area contributed by atoms with Gasteiger partial charge in [0.25, 0.3) is 0 Å². The summed E-state index contributed by atoms with van der Waals surface area (Å²) >= 11 is 0. The van der Waals surface area contributed by atoms with Crippen molar-refractivity contribution >= 4 is 43.6 Å². The summed E-state index contributed by atoms with van der Waals surface area (Å²) < 4.78 is 50.5. The van der Waals surface area contributed by atoms with E-state index in [0.717, 1.165) is 67.6 Å². The summed E-state index contributed by atoms with van der Waals surface area (Å²) in [5.41, 5.74) is 12.3. The number of benzene rings is 8. The number of fused-ring (bicyclic) bond motifs is 6. The Hall–Kier alpha value is -7.58. The molecule has 0 radical (unpaired) electrons. The molecule has 93 heavy (non-hydrogen) atoms. The zero-order chi connectivity index (χ0) is 68.4. The van der Waals surface area contributed by atoms with Gasteiger partial charge in [-0.3, -0.25) is 0 Å². The third kappa shape index (κ3) is 14.0. The molecule has 0 fully saturated rings. The van der Waals surface area contributed by atoms with E-state index in [9.17, 15) is 10.2 Å². The SMILES string of the molecule is CC(CC(C)Oc1ccc(F)cc1-c1cc(C(C)(C)CC(C)(C)C)cc(-n2c3ccc(C(C)(C)C)cc3c3cc(C(C)(C)C)ccc32)c1O)Oc1ccc(F)cc1-c1cc(C(C)(C)CC(C)(C)C)cc(-n2c3ccc(C(C)(C)C)cc3c3cc(C(C)(C)C)ccc32)c1O. The maximum absolute atomic E-state index is 16.1. The highest BCUT2D eigenvalue weighted by Crippen LogP contribution is 2.51. The van der Waals surface area contributed by atoms with Crippen molar-refractivity contribution < 1.29 is 28.5 Å². The van der Waals surface area contributed by atoms with Crippen molar-refractivity contribution in [3.63, 3.8) is 0 Å². The highest BCUT2D eigenvalue weighted by Gasteiger charge is 2.34. The van der Waals surface area contributed by atoms with Crippen LogP contribution < -0.4 is 9.47 Å². The van der Waals surface area contributed by atoms with E-state index in [1.807, 2.05) is 26.0 Å². The lowest BCUT2D eigenvalue weighted by molar-refractivity contribution is 0.131. The smallest absolute Gasteiger partial charge is 0.147 e. The van der Waals surface area contributed by atoms with Gasteiger partial charge in [-0.15, -0.1) is 0 Å². The molecule has 2 N–H and O–H groups in total. The minimum Gasteiger partial charge on any atom is -0.505 e. The Morgan fingerprint density at radius 2 is 0.624 bits per heavy atom.